The van der Waals surface area contributed by atoms with Crippen LogP contribution >= 0.6 is 0 Å². The van der Waals surface area contributed by atoms with Crippen molar-refractivity contribution in [1.82, 2.24) is 0 Å². The van der Waals surface area contributed by atoms with Crippen molar-refractivity contribution >= 4 is 5.78 Å². The summed E-state index contributed by atoms with van der Waals surface area (Å²) >= 11 is 0. The van der Waals surface area contributed by atoms with Gasteiger partial charge in [0.1, 0.15) is 0 Å². The molecule has 7 heteroatoms. The second kappa shape index (κ2) is 8.09. The molecule has 1 saturated carbocycles. The van der Waals surface area contributed by atoms with E-state index in [1.807, 2.05) is 30.3 Å². The normalized spacial score (nSPS) is 27.0. The van der Waals surface area contributed by atoms with Gasteiger partial charge in [0.25, 0.3) is 0 Å². The zero-order valence-electron chi connectivity index (χ0n) is 15.4. The van der Waals surface area contributed by atoms with Crippen molar-refractivity contribution in [1.29, 1.82) is 0 Å². The molecule has 2 aliphatic heterocycles. The van der Waals surface area contributed by atoms with E-state index in [0.717, 1.165) is 5.56 Å². The van der Waals surface area contributed by atoms with Crippen molar-refractivity contribution in [3.8, 4) is 0 Å². The van der Waals surface area contributed by atoms with Crippen LogP contribution in [0.4, 0.5) is 22.0 Å². The molecule has 3 aliphatic rings. The van der Waals surface area contributed by atoms with E-state index in [4.69, 9.17) is 4.74 Å². The minimum atomic E-state index is -5.62. The smallest absolute Gasteiger partial charge is 0.360 e. The molecule has 0 N–H and O–H groups in total. The zero-order chi connectivity index (χ0) is 20.5. The Balaban J connectivity index is 1.70. The first kappa shape index (κ1) is 21.2. The van der Waals surface area contributed by atoms with Crippen LogP contribution in [0, 0.1) is 24.9 Å². The fraction of sp³-hybridized carbons (Fsp3) is 0.571. The van der Waals surface area contributed by atoms with Gasteiger partial charge >= 0.3 is 12.1 Å². The van der Waals surface area contributed by atoms with Crippen LogP contribution in [0.2, 0.25) is 0 Å². The largest absolute Gasteiger partial charge is 0.453 e. The Morgan fingerprint density at radius 1 is 1.14 bits per heavy atom. The molecule has 4 atom stereocenters. The summed E-state index contributed by atoms with van der Waals surface area (Å²) in [6.07, 6.45) is -5.24. The lowest BCUT2D eigenvalue weighted by Gasteiger charge is -2.48. The highest BCUT2D eigenvalue weighted by Gasteiger charge is 2.67. The van der Waals surface area contributed by atoms with Crippen molar-refractivity contribution in [2.45, 2.75) is 62.6 Å². The quantitative estimate of drug-likeness (QED) is 0.532. The van der Waals surface area contributed by atoms with E-state index in [9.17, 15) is 26.7 Å². The number of hydrogen-bond donors (Lipinski definition) is 0. The first-order valence-corrected chi connectivity index (χ1v) is 9.50. The average Bonchev–Trinajstić information content (AvgIpc) is 2.67. The van der Waals surface area contributed by atoms with Crippen LogP contribution in [-0.2, 0) is 9.53 Å². The Kier molecular flexibility index (Phi) is 6.13. The van der Waals surface area contributed by atoms with Gasteiger partial charge in [0.15, 0.2) is 11.9 Å². The summed E-state index contributed by atoms with van der Waals surface area (Å²) in [5.74, 6) is -7.81. The number of fused-ring (bicyclic) bond motifs is 3. The van der Waals surface area contributed by atoms with Gasteiger partial charge in [0.05, 0.1) is 12.0 Å². The number of halogens is 5. The van der Waals surface area contributed by atoms with E-state index < -0.39 is 30.0 Å². The third kappa shape index (κ3) is 4.09. The molecule has 1 aromatic rings. The summed E-state index contributed by atoms with van der Waals surface area (Å²) in [6.45, 7) is 3.83. The predicted molar refractivity (Wildman–Crippen MR) is 93.3 cm³/mol. The highest BCUT2D eigenvalue weighted by atomic mass is 19.4. The highest BCUT2D eigenvalue weighted by molar-refractivity contribution is 5.91. The number of carbonyl (C=O) groups excluding carboxylic acids is 1. The standard InChI is InChI=1S/C21H23F5O2/c1-2-6-14(13-7-4-3-5-8-13)12-17(27)19-15-9-10-18(28-19)16(11-15)20(22,23)21(24,25)26/h3-5,7-8,14-16,18H,1-2,6,9-12H2. The topological polar surface area (TPSA) is 26.3 Å². The van der Waals surface area contributed by atoms with E-state index in [2.05, 4.69) is 6.92 Å². The molecule has 2 bridgehead atoms. The van der Waals surface area contributed by atoms with Gasteiger partial charge in [-0.05, 0) is 43.1 Å². The van der Waals surface area contributed by atoms with Crippen molar-refractivity contribution in [2.75, 3.05) is 0 Å². The molecule has 4 unspecified atom stereocenters. The molecule has 154 valence electrons. The molecular formula is C21H23F5O2. The SMILES string of the molecule is [CH2]CCC(CC(=O)[C]1OC2CCC1CC2C(F)(F)C(F)(F)F)c1ccccc1. The second-order valence-electron chi connectivity index (χ2n) is 7.63. The van der Waals surface area contributed by atoms with Crippen LogP contribution in [0.3, 0.4) is 0 Å². The summed E-state index contributed by atoms with van der Waals surface area (Å²) in [5, 5.41) is 0. The van der Waals surface area contributed by atoms with Crippen molar-refractivity contribution < 1.29 is 31.5 Å². The van der Waals surface area contributed by atoms with Crippen LogP contribution in [-0.4, -0.2) is 24.0 Å². The summed E-state index contributed by atoms with van der Waals surface area (Å²) in [7, 11) is 0. The lowest BCUT2D eigenvalue weighted by Crippen LogP contribution is -2.56. The minimum absolute atomic E-state index is 0.0791. The highest BCUT2D eigenvalue weighted by Crippen LogP contribution is 2.54. The van der Waals surface area contributed by atoms with E-state index in [1.54, 1.807) is 0 Å². The molecular weight excluding hydrogens is 379 g/mol. The molecule has 4 rings (SSSR count). The number of ether oxygens (including phenoxy) is 1. The molecule has 1 aromatic carbocycles. The number of Topliss-reactive ketones (excluding diaryl/α,β-unsaturated/α-hetero) is 1. The molecule has 0 aromatic heterocycles. The number of hydrogen-bond acceptors (Lipinski definition) is 2. The van der Waals surface area contributed by atoms with Gasteiger partial charge in [-0.1, -0.05) is 43.7 Å². The summed E-state index contributed by atoms with van der Waals surface area (Å²) in [6, 6.07) is 9.42. The number of benzene rings is 1. The average molecular weight is 402 g/mol. The minimum Gasteiger partial charge on any atom is -0.360 e. The van der Waals surface area contributed by atoms with E-state index in [-0.39, 0.29) is 37.1 Å². The van der Waals surface area contributed by atoms with Crippen LogP contribution in [0.25, 0.3) is 0 Å². The van der Waals surface area contributed by atoms with Gasteiger partial charge in [-0.2, -0.15) is 22.0 Å². The molecule has 2 nitrogen and oxygen atoms in total. The predicted octanol–water partition coefficient (Wildman–Crippen LogP) is 5.89. The maximum absolute atomic E-state index is 13.8. The first-order chi connectivity index (χ1) is 13.1. The summed E-state index contributed by atoms with van der Waals surface area (Å²) < 4.78 is 71.4. The molecule has 0 spiro atoms. The fourth-order valence-corrected chi connectivity index (χ4v) is 4.35. The Morgan fingerprint density at radius 3 is 2.36 bits per heavy atom. The third-order valence-electron chi connectivity index (χ3n) is 5.81. The summed E-state index contributed by atoms with van der Waals surface area (Å²) in [4.78, 5) is 12.8. The van der Waals surface area contributed by atoms with Gasteiger partial charge in [-0.15, -0.1) is 0 Å². The van der Waals surface area contributed by atoms with Crippen LogP contribution in [0.5, 0.6) is 0 Å². The van der Waals surface area contributed by atoms with E-state index in [1.165, 1.54) is 0 Å². The van der Waals surface area contributed by atoms with Crippen molar-refractivity contribution in [3.05, 3.63) is 48.9 Å². The maximum Gasteiger partial charge on any atom is 0.453 e. The number of rotatable bonds is 7. The Labute approximate surface area is 161 Å². The Hall–Kier alpha value is -1.50. The molecule has 3 fully saturated rings. The van der Waals surface area contributed by atoms with Crippen LogP contribution in [0.15, 0.2) is 30.3 Å². The van der Waals surface area contributed by atoms with Gasteiger partial charge in [0.2, 0.25) is 0 Å². The van der Waals surface area contributed by atoms with Crippen molar-refractivity contribution in [3.63, 3.8) is 0 Å². The summed E-state index contributed by atoms with van der Waals surface area (Å²) in [5.41, 5.74) is 0.975. The van der Waals surface area contributed by atoms with Gasteiger partial charge in [-0.3, -0.25) is 4.79 Å². The molecule has 2 saturated heterocycles. The maximum atomic E-state index is 13.8. The van der Waals surface area contributed by atoms with Crippen molar-refractivity contribution in [2.24, 2.45) is 11.8 Å². The number of alkyl halides is 5. The van der Waals surface area contributed by atoms with Crippen LogP contribution in [0.1, 0.15) is 50.0 Å². The fourth-order valence-electron chi connectivity index (χ4n) is 4.35. The van der Waals surface area contributed by atoms with Gasteiger partial charge in [0, 0.05) is 6.42 Å². The Morgan fingerprint density at radius 2 is 1.82 bits per heavy atom. The zero-order valence-corrected chi connectivity index (χ0v) is 15.4. The van der Waals surface area contributed by atoms with E-state index >= 15 is 0 Å². The molecule has 0 amide bonds. The van der Waals surface area contributed by atoms with Gasteiger partial charge < -0.3 is 4.74 Å². The monoisotopic (exact) mass is 402 g/mol. The molecule has 2 radical (unpaired) electrons. The van der Waals surface area contributed by atoms with Crippen LogP contribution < -0.4 is 0 Å². The van der Waals surface area contributed by atoms with Gasteiger partial charge in [-0.25, -0.2) is 0 Å². The molecule has 1 aliphatic carbocycles. The Bertz CT molecular complexity index is 673. The first-order valence-electron chi connectivity index (χ1n) is 9.50. The third-order valence-corrected chi connectivity index (χ3v) is 5.81. The lowest BCUT2D eigenvalue weighted by molar-refractivity contribution is -0.325. The van der Waals surface area contributed by atoms with E-state index in [0.29, 0.717) is 19.3 Å². The number of carbonyl (C=O) groups is 1. The molecule has 28 heavy (non-hydrogen) atoms. The number of ketones is 1. The second-order valence-corrected chi connectivity index (χ2v) is 7.63. The molecule has 2 heterocycles. The lowest BCUT2D eigenvalue weighted by atomic mass is 9.69.